The van der Waals surface area contributed by atoms with Gasteiger partial charge in [0, 0.05) is 18.5 Å². The van der Waals surface area contributed by atoms with Crippen molar-refractivity contribution < 1.29 is 14.4 Å². The molecule has 3 rings (SSSR count). The second-order valence-electron chi connectivity index (χ2n) is 5.33. The summed E-state index contributed by atoms with van der Waals surface area (Å²) in [6.45, 7) is 0. The maximum atomic E-state index is 11.6. The van der Waals surface area contributed by atoms with Crippen LogP contribution in [0.15, 0.2) is 40.8 Å². The molecule has 0 radical (unpaired) electrons. The van der Waals surface area contributed by atoms with Crippen LogP contribution in [0.2, 0.25) is 10.0 Å². The van der Waals surface area contributed by atoms with Crippen molar-refractivity contribution in [3.8, 4) is 11.5 Å². The first-order valence-corrected chi connectivity index (χ1v) is 8.00. The van der Waals surface area contributed by atoms with Crippen LogP contribution in [-0.4, -0.2) is 28.2 Å². The number of nitrogens with zero attached hydrogens (tertiary/aromatic N) is 2. The van der Waals surface area contributed by atoms with Gasteiger partial charge in [-0.15, -0.1) is 0 Å². The molecule has 124 valence electrons. The zero-order valence-corrected chi connectivity index (χ0v) is 14.3. The first-order valence-electron chi connectivity index (χ1n) is 7.25. The number of aryl methyl sites for hydroxylation is 1. The normalized spacial score (nSPS) is 11.0. The molecule has 0 fully saturated rings. The highest BCUT2D eigenvalue weighted by Gasteiger charge is 2.16. The van der Waals surface area contributed by atoms with E-state index in [0.717, 1.165) is 5.56 Å². The van der Waals surface area contributed by atoms with E-state index in [9.17, 15) is 4.79 Å². The Kier molecular flexibility index (Phi) is 4.76. The maximum Gasteiger partial charge on any atom is 0.245 e. The van der Waals surface area contributed by atoms with E-state index in [2.05, 4.69) is 4.98 Å². The molecule has 0 aliphatic rings. The maximum absolute atomic E-state index is 11.6. The summed E-state index contributed by atoms with van der Waals surface area (Å²) in [5, 5.41) is 10.8. The monoisotopic (exact) mass is 364 g/mol. The molecule has 24 heavy (non-hydrogen) atoms. The van der Waals surface area contributed by atoms with Crippen LogP contribution in [0.5, 0.6) is 0 Å². The third-order valence-corrected chi connectivity index (χ3v) is 4.15. The van der Waals surface area contributed by atoms with Gasteiger partial charge in [0.1, 0.15) is 5.52 Å². The predicted molar refractivity (Wildman–Crippen MR) is 92.3 cm³/mol. The van der Waals surface area contributed by atoms with Crippen LogP contribution >= 0.6 is 23.2 Å². The first-order chi connectivity index (χ1) is 11.5. The minimum absolute atomic E-state index is 0.130. The highest BCUT2D eigenvalue weighted by atomic mass is 35.5. The number of hydrogen-bond donors (Lipinski definition) is 1. The molecule has 1 aromatic heterocycles. The Balaban J connectivity index is 2.01. The molecule has 0 saturated heterocycles. The fourth-order valence-corrected chi connectivity index (χ4v) is 2.85. The van der Waals surface area contributed by atoms with Crippen LogP contribution in [0, 0.1) is 0 Å². The van der Waals surface area contributed by atoms with Crippen molar-refractivity contribution in [3.05, 3.63) is 52.0 Å². The lowest BCUT2D eigenvalue weighted by Gasteiger charge is -2.08. The quantitative estimate of drug-likeness (QED) is 0.543. The number of aromatic nitrogens is 1. The standard InChI is InChI=1S/C17H14Cl2N2O3/c1-21(23)15(22)7-6-10-8-11(18)9-14-16(10)24-17(20-14)12-4-2-3-5-13(12)19/h2-5,8-9,23H,6-7H2,1H3. The summed E-state index contributed by atoms with van der Waals surface area (Å²) < 4.78 is 5.87. The largest absolute Gasteiger partial charge is 0.436 e. The molecule has 2 aromatic carbocycles. The van der Waals surface area contributed by atoms with Crippen LogP contribution in [-0.2, 0) is 11.2 Å². The van der Waals surface area contributed by atoms with E-state index in [4.69, 9.17) is 32.8 Å². The summed E-state index contributed by atoms with van der Waals surface area (Å²) in [6.07, 6.45) is 0.502. The fraction of sp³-hybridized carbons (Fsp3) is 0.176. The minimum atomic E-state index is -0.394. The molecule has 1 amide bonds. The van der Waals surface area contributed by atoms with E-state index in [-0.39, 0.29) is 6.42 Å². The van der Waals surface area contributed by atoms with Gasteiger partial charge in [0.15, 0.2) is 5.58 Å². The van der Waals surface area contributed by atoms with Gasteiger partial charge in [-0.25, -0.2) is 10.0 Å². The Morgan fingerprint density at radius 2 is 2.04 bits per heavy atom. The fourth-order valence-electron chi connectivity index (χ4n) is 2.40. The molecule has 1 heterocycles. The Labute approximate surface area is 148 Å². The lowest BCUT2D eigenvalue weighted by Crippen LogP contribution is -2.22. The Morgan fingerprint density at radius 1 is 1.29 bits per heavy atom. The molecular formula is C17H14Cl2N2O3. The molecule has 1 N–H and O–H groups in total. The first kappa shape index (κ1) is 16.8. The van der Waals surface area contributed by atoms with E-state index < -0.39 is 5.91 Å². The highest BCUT2D eigenvalue weighted by molar-refractivity contribution is 6.33. The molecule has 0 spiro atoms. The number of fused-ring (bicyclic) bond motifs is 1. The topological polar surface area (TPSA) is 66.6 Å². The van der Waals surface area contributed by atoms with Gasteiger partial charge in [0.25, 0.3) is 0 Å². The molecule has 7 heteroatoms. The summed E-state index contributed by atoms with van der Waals surface area (Å²) in [5.74, 6) is -0.00122. The van der Waals surface area contributed by atoms with Crippen molar-refractivity contribution in [1.29, 1.82) is 0 Å². The number of hydrogen-bond acceptors (Lipinski definition) is 4. The molecule has 0 atom stereocenters. The van der Waals surface area contributed by atoms with Gasteiger partial charge in [-0.3, -0.25) is 10.0 Å². The molecule has 0 unspecified atom stereocenters. The van der Waals surface area contributed by atoms with Crippen molar-refractivity contribution in [2.24, 2.45) is 0 Å². The average molecular weight is 365 g/mol. The molecular weight excluding hydrogens is 351 g/mol. The van der Waals surface area contributed by atoms with Gasteiger partial charge in [-0.1, -0.05) is 35.3 Å². The molecule has 3 aromatic rings. The van der Waals surface area contributed by atoms with Crippen LogP contribution in [0.1, 0.15) is 12.0 Å². The summed E-state index contributed by atoms with van der Waals surface area (Å²) in [7, 11) is 1.29. The number of carbonyl (C=O) groups is 1. The number of oxazole rings is 1. The third-order valence-electron chi connectivity index (χ3n) is 3.61. The number of benzene rings is 2. The van der Waals surface area contributed by atoms with Crippen LogP contribution in [0.3, 0.4) is 0 Å². The van der Waals surface area contributed by atoms with Crippen molar-refractivity contribution >= 4 is 40.2 Å². The summed E-state index contributed by atoms with van der Waals surface area (Å²) in [6, 6.07) is 10.7. The molecule has 0 aliphatic carbocycles. The van der Waals surface area contributed by atoms with Gasteiger partial charge in [0.2, 0.25) is 11.8 Å². The highest BCUT2D eigenvalue weighted by Crippen LogP contribution is 2.33. The van der Waals surface area contributed by atoms with Gasteiger partial charge in [-0.05, 0) is 36.2 Å². The molecule has 0 aliphatic heterocycles. The zero-order chi connectivity index (χ0) is 17.3. The smallest absolute Gasteiger partial charge is 0.245 e. The Morgan fingerprint density at radius 3 is 2.75 bits per heavy atom. The molecule has 0 saturated carbocycles. The van der Waals surface area contributed by atoms with E-state index in [1.165, 1.54) is 7.05 Å². The lowest BCUT2D eigenvalue weighted by atomic mass is 10.1. The number of carbonyl (C=O) groups excluding carboxylic acids is 1. The van der Waals surface area contributed by atoms with Gasteiger partial charge >= 0.3 is 0 Å². The third kappa shape index (κ3) is 3.38. The van der Waals surface area contributed by atoms with Gasteiger partial charge in [-0.2, -0.15) is 0 Å². The Hall–Kier alpha value is -2.08. The zero-order valence-electron chi connectivity index (χ0n) is 12.8. The lowest BCUT2D eigenvalue weighted by molar-refractivity contribution is -0.159. The summed E-state index contributed by atoms with van der Waals surface area (Å²) >= 11 is 12.3. The molecule has 0 bridgehead atoms. The van der Waals surface area contributed by atoms with Crippen molar-refractivity contribution in [2.75, 3.05) is 7.05 Å². The van der Waals surface area contributed by atoms with E-state index in [1.807, 2.05) is 18.2 Å². The van der Waals surface area contributed by atoms with Crippen molar-refractivity contribution in [1.82, 2.24) is 10.0 Å². The van der Waals surface area contributed by atoms with Crippen LogP contribution < -0.4 is 0 Å². The van der Waals surface area contributed by atoms with Crippen molar-refractivity contribution in [2.45, 2.75) is 12.8 Å². The minimum Gasteiger partial charge on any atom is -0.436 e. The second kappa shape index (κ2) is 6.81. The molecule has 5 nitrogen and oxygen atoms in total. The predicted octanol–water partition coefficient (Wildman–Crippen LogP) is 4.58. The van der Waals surface area contributed by atoms with Gasteiger partial charge in [0.05, 0.1) is 10.6 Å². The van der Waals surface area contributed by atoms with Gasteiger partial charge < -0.3 is 4.42 Å². The summed E-state index contributed by atoms with van der Waals surface area (Å²) in [4.78, 5) is 16.0. The van der Waals surface area contributed by atoms with E-state index in [1.54, 1.807) is 18.2 Å². The van der Waals surface area contributed by atoms with E-state index >= 15 is 0 Å². The average Bonchev–Trinajstić information content (AvgIpc) is 2.96. The number of rotatable bonds is 4. The van der Waals surface area contributed by atoms with E-state index in [0.29, 0.717) is 44.1 Å². The SMILES string of the molecule is CN(O)C(=O)CCc1cc(Cl)cc2nc(-c3ccccc3Cl)oc12. The van der Waals surface area contributed by atoms with Crippen molar-refractivity contribution in [3.63, 3.8) is 0 Å². The summed E-state index contributed by atoms with van der Waals surface area (Å²) in [5.41, 5.74) is 2.59. The Bertz CT molecular complexity index is 906. The second-order valence-corrected chi connectivity index (χ2v) is 6.17. The number of halogens is 2. The number of amides is 1. The number of hydroxylamine groups is 2. The van der Waals surface area contributed by atoms with Crippen LogP contribution in [0.25, 0.3) is 22.6 Å². The van der Waals surface area contributed by atoms with Crippen LogP contribution in [0.4, 0.5) is 0 Å².